The van der Waals surface area contributed by atoms with Crippen molar-refractivity contribution in [3.63, 3.8) is 0 Å². The molecule has 1 aliphatic rings. The van der Waals surface area contributed by atoms with Gasteiger partial charge in [0.05, 0.1) is 11.7 Å². The third-order valence-corrected chi connectivity index (χ3v) is 4.20. The first-order valence-corrected chi connectivity index (χ1v) is 7.62. The molecule has 1 aromatic carbocycles. The number of rotatable bonds is 3. The summed E-state index contributed by atoms with van der Waals surface area (Å²) in [5.74, 6) is 1.25. The molecule has 3 N–H and O–H groups in total. The van der Waals surface area contributed by atoms with Gasteiger partial charge in [-0.2, -0.15) is 0 Å². The van der Waals surface area contributed by atoms with Gasteiger partial charge in [0.25, 0.3) is 0 Å². The zero-order valence-corrected chi connectivity index (χ0v) is 13.5. The summed E-state index contributed by atoms with van der Waals surface area (Å²) in [4.78, 5) is 0. The van der Waals surface area contributed by atoms with Crippen molar-refractivity contribution in [1.29, 1.82) is 0 Å². The van der Waals surface area contributed by atoms with Crippen LogP contribution in [-0.2, 0) is 0 Å². The zero-order chi connectivity index (χ0) is 15.6. The predicted octanol–water partition coefficient (Wildman–Crippen LogP) is 4.03. The highest BCUT2D eigenvalue weighted by Crippen LogP contribution is 2.40. The van der Waals surface area contributed by atoms with E-state index in [4.69, 9.17) is 27.3 Å². The fourth-order valence-electron chi connectivity index (χ4n) is 3.39. The molecule has 2 atom stereocenters. The molecular weight excluding hydrogens is 288 g/mol. The van der Waals surface area contributed by atoms with E-state index >= 15 is 0 Å². The summed E-state index contributed by atoms with van der Waals surface area (Å²) in [6.07, 6.45) is 3.35. The molecule has 0 spiro atoms. The maximum atomic E-state index is 8.90. The number of amidine groups is 1. The third kappa shape index (κ3) is 4.03. The summed E-state index contributed by atoms with van der Waals surface area (Å²) in [6, 6.07) is 5.19. The van der Waals surface area contributed by atoms with Gasteiger partial charge in [0.2, 0.25) is 0 Å². The average molecular weight is 311 g/mol. The minimum atomic E-state index is 0.00983. The molecule has 2 unspecified atom stereocenters. The van der Waals surface area contributed by atoms with Crippen LogP contribution in [0.4, 0.5) is 0 Å². The number of nitrogens with zero attached hydrogens (tertiary/aromatic N) is 1. The van der Waals surface area contributed by atoms with Gasteiger partial charge in [-0.05, 0) is 48.8 Å². The highest BCUT2D eigenvalue weighted by atomic mass is 35.5. The molecule has 1 saturated carbocycles. The van der Waals surface area contributed by atoms with Crippen LogP contribution in [0.1, 0.15) is 45.6 Å². The second-order valence-electron chi connectivity index (χ2n) is 6.78. The second kappa shape index (κ2) is 6.14. The topological polar surface area (TPSA) is 67.8 Å². The lowest BCUT2D eigenvalue weighted by Crippen LogP contribution is -2.34. The minimum Gasteiger partial charge on any atom is -0.490 e. The van der Waals surface area contributed by atoms with Gasteiger partial charge in [-0.3, -0.25) is 0 Å². The lowest BCUT2D eigenvalue weighted by molar-refractivity contribution is 0.0561. The molecule has 116 valence electrons. The van der Waals surface area contributed by atoms with E-state index < -0.39 is 0 Å². The summed E-state index contributed by atoms with van der Waals surface area (Å²) in [5.41, 5.74) is 6.51. The first kappa shape index (κ1) is 16.0. The molecule has 0 heterocycles. The van der Waals surface area contributed by atoms with E-state index in [0.717, 1.165) is 12.8 Å². The standard InChI is InChI=1S/C16H23ClN2O2/c1-10-6-12(9-16(2,3)8-10)21-14-5-4-11(17)7-13(14)15(18)19-20/h4-5,7,10,12,20H,6,8-9H2,1-3H3,(H2,18,19). The molecule has 0 saturated heterocycles. The molecule has 5 heteroatoms. The molecule has 0 aliphatic heterocycles. The molecule has 4 nitrogen and oxygen atoms in total. The Morgan fingerprint density at radius 3 is 2.76 bits per heavy atom. The van der Waals surface area contributed by atoms with Crippen molar-refractivity contribution in [2.45, 2.75) is 46.1 Å². The number of nitrogens with two attached hydrogens (primary N) is 1. The Morgan fingerprint density at radius 2 is 2.14 bits per heavy atom. The highest BCUT2D eigenvalue weighted by molar-refractivity contribution is 6.31. The molecule has 1 fully saturated rings. The highest BCUT2D eigenvalue weighted by Gasteiger charge is 2.33. The maximum absolute atomic E-state index is 8.90. The lowest BCUT2D eigenvalue weighted by Gasteiger charge is -2.39. The number of hydrogen-bond donors (Lipinski definition) is 2. The Morgan fingerprint density at radius 1 is 1.43 bits per heavy atom. The van der Waals surface area contributed by atoms with Gasteiger partial charge in [0.1, 0.15) is 5.75 Å². The van der Waals surface area contributed by atoms with Crippen LogP contribution in [0.2, 0.25) is 5.02 Å². The third-order valence-electron chi connectivity index (χ3n) is 3.97. The summed E-state index contributed by atoms with van der Waals surface area (Å²) >= 11 is 5.98. The normalized spacial score (nSPS) is 25.6. The van der Waals surface area contributed by atoms with Crippen LogP contribution in [0.5, 0.6) is 5.75 Å². The van der Waals surface area contributed by atoms with Gasteiger partial charge in [0, 0.05) is 5.02 Å². The summed E-state index contributed by atoms with van der Waals surface area (Å²) in [7, 11) is 0. The van der Waals surface area contributed by atoms with Crippen molar-refractivity contribution >= 4 is 17.4 Å². The molecule has 0 bridgehead atoms. The Labute approximate surface area is 130 Å². The molecular formula is C16H23ClN2O2. The van der Waals surface area contributed by atoms with Crippen molar-refractivity contribution in [1.82, 2.24) is 0 Å². The molecule has 0 amide bonds. The lowest BCUT2D eigenvalue weighted by atomic mass is 9.71. The largest absolute Gasteiger partial charge is 0.490 e. The van der Waals surface area contributed by atoms with Crippen molar-refractivity contribution in [2.24, 2.45) is 22.2 Å². The van der Waals surface area contributed by atoms with Gasteiger partial charge in [-0.15, -0.1) is 0 Å². The van der Waals surface area contributed by atoms with Crippen LogP contribution in [0.3, 0.4) is 0 Å². The Kier molecular flexibility index (Phi) is 4.67. The monoisotopic (exact) mass is 310 g/mol. The van der Waals surface area contributed by atoms with Crippen LogP contribution in [-0.4, -0.2) is 17.1 Å². The van der Waals surface area contributed by atoms with E-state index in [-0.39, 0.29) is 17.4 Å². The molecule has 1 aromatic rings. The van der Waals surface area contributed by atoms with Crippen molar-refractivity contribution in [2.75, 3.05) is 0 Å². The fourth-order valence-corrected chi connectivity index (χ4v) is 3.56. The summed E-state index contributed by atoms with van der Waals surface area (Å²) in [5, 5.41) is 12.5. The Bertz CT molecular complexity index is 543. The zero-order valence-electron chi connectivity index (χ0n) is 12.8. The predicted molar refractivity (Wildman–Crippen MR) is 85.2 cm³/mol. The van der Waals surface area contributed by atoms with E-state index in [9.17, 15) is 0 Å². The second-order valence-corrected chi connectivity index (χ2v) is 7.22. The van der Waals surface area contributed by atoms with E-state index in [2.05, 4.69) is 25.9 Å². The van der Waals surface area contributed by atoms with E-state index in [1.165, 1.54) is 6.42 Å². The first-order valence-electron chi connectivity index (χ1n) is 7.25. The number of benzene rings is 1. The van der Waals surface area contributed by atoms with Gasteiger partial charge in [-0.25, -0.2) is 0 Å². The molecule has 2 rings (SSSR count). The molecule has 21 heavy (non-hydrogen) atoms. The Hall–Kier alpha value is -1.42. The molecule has 1 aliphatic carbocycles. The van der Waals surface area contributed by atoms with Crippen LogP contribution in [0.15, 0.2) is 23.4 Å². The van der Waals surface area contributed by atoms with Gasteiger partial charge in [0.15, 0.2) is 5.84 Å². The number of hydrogen-bond acceptors (Lipinski definition) is 3. The number of halogens is 1. The van der Waals surface area contributed by atoms with Crippen LogP contribution < -0.4 is 10.5 Å². The SMILES string of the molecule is CC1CC(Oc2ccc(Cl)cc2C(N)=NO)CC(C)(C)C1. The van der Waals surface area contributed by atoms with Crippen LogP contribution >= 0.6 is 11.6 Å². The maximum Gasteiger partial charge on any atom is 0.173 e. The summed E-state index contributed by atoms with van der Waals surface area (Å²) < 4.78 is 6.14. The van der Waals surface area contributed by atoms with E-state index in [1.54, 1.807) is 18.2 Å². The van der Waals surface area contributed by atoms with E-state index in [0.29, 0.717) is 22.3 Å². The van der Waals surface area contributed by atoms with Crippen molar-refractivity contribution in [3.05, 3.63) is 28.8 Å². The van der Waals surface area contributed by atoms with Gasteiger partial charge < -0.3 is 15.7 Å². The minimum absolute atomic E-state index is 0.00983. The fraction of sp³-hybridized carbons (Fsp3) is 0.562. The number of ether oxygens (including phenoxy) is 1. The van der Waals surface area contributed by atoms with Crippen LogP contribution in [0, 0.1) is 11.3 Å². The van der Waals surface area contributed by atoms with Crippen molar-refractivity contribution in [3.8, 4) is 5.75 Å². The Balaban J connectivity index is 2.23. The van der Waals surface area contributed by atoms with Gasteiger partial charge in [-0.1, -0.05) is 37.5 Å². The van der Waals surface area contributed by atoms with Crippen molar-refractivity contribution < 1.29 is 9.94 Å². The molecule has 0 aromatic heterocycles. The van der Waals surface area contributed by atoms with Crippen LogP contribution in [0.25, 0.3) is 0 Å². The number of oxime groups is 1. The average Bonchev–Trinajstić information content (AvgIpc) is 2.37. The molecule has 0 radical (unpaired) electrons. The summed E-state index contributed by atoms with van der Waals surface area (Å²) in [6.45, 7) is 6.79. The van der Waals surface area contributed by atoms with E-state index in [1.807, 2.05) is 0 Å². The smallest absolute Gasteiger partial charge is 0.173 e. The quantitative estimate of drug-likeness (QED) is 0.383. The van der Waals surface area contributed by atoms with Gasteiger partial charge >= 0.3 is 0 Å². The first-order chi connectivity index (χ1) is 9.80.